The molecule has 0 aliphatic heterocycles. The molecule has 0 saturated heterocycles. The molecule has 1 aromatic heterocycles. The number of carbonyl (C=O) groups excluding carboxylic acids is 1. The quantitative estimate of drug-likeness (QED) is 0.753. The summed E-state index contributed by atoms with van der Waals surface area (Å²) < 4.78 is 0. The Morgan fingerprint density at radius 1 is 1.33 bits per heavy atom. The van der Waals surface area contributed by atoms with Crippen LogP contribution in [0.15, 0.2) is 24.3 Å². The van der Waals surface area contributed by atoms with E-state index < -0.39 is 5.97 Å². The van der Waals surface area contributed by atoms with Crippen LogP contribution in [-0.2, 0) is 9.59 Å². The SMILES string of the molecule is Cc1nc(-c2cccc(NC(=O)CCCC(=O)O)c2)n[nH]1. The Kier molecular flexibility index (Phi) is 4.65. The van der Waals surface area contributed by atoms with Crippen molar-refractivity contribution < 1.29 is 14.7 Å². The lowest BCUT2D eigenvalue weighted by Gasteiger charge is -2.05. The first-order chi connectivity index (χ1) is 10.0. The summed E-state index contributed by atoms with van der Waals surface area (Å²) in [5.41, 5.74) is 1.43. The van der Waals surface area contributed by atoms with Crippen LogP contribution in [0.1, 0.15) is 25.1 Å². The van der Waals surface area contributed by atoms with Crippen molar-refractivity contribution in [1.29, 1.82) is 0 Å². The minimum atomic E-state index is -0.898. The molecule has 0 saturated carbocycles. The Morgan fingerprint density at radius 3 is 2.81 bits per heavy atom. The molecule has 0 radical (unpaired) electrons. The first-order valence-corrected chi connectivity index (χ1v) is 6.55. The van der Waals surface area contributed by atoms with Crippen LogP contribution in [-0.4, -0.2) is 32.2 Å². The van der Waals surface area contributed by atoms with Gasteiger partial charge in [0.25, 0.3) is 0 Å². The number of hydrogen-bond acceptors (Lipinski definition) is 4. The number of aliphatic carboxylic acids is 1. The molecular formula is C14H16N4O3. The Balaban J connectivity index is 1.98. The summed E-state index contributed by atoms with van der Waals surface area (Å²) >= 11 is 0. The standard InChI is InChI=1S/C14H16N4O3/c1-9-15-14(18-17-9)10-4-2-5-11(8-10)16-12(19)6-3-7-13(20)21/h2,4-5,8H,3,6-7H2,1H3,(H,16,19)(H,20,21)(H,15,17,18). The lowest BCUT2D eigenvalue weighted by Crippen LogP contribution is -2.11. The topological polar surface area (TPSA) is 108 Å². The largest absolute Gasteiger partial charge is 0.481 e. The van der Waals surface area contributed by atoms with E-state index in [-0.39, 0.29) is 18.7 Å². The van der Waals surface area contributed by atoms with Crippen LogP contribution < -0.4 is 5.32 Å². The highest BCUT2D eigenvalue weighted by molar-refractivity contribution is 5.91. The number of anilines is 1. The van der Waals surface area contributed by atoms with E-state index in [4.69, 9.17) is 5.11 Å². The van der Waals surface area contributed by atoms with Crippen LogP contribution in [0.3, 0.4) is 0 Å². The normalized spacial score (nSPS) is 10.3. The van der Waals surface area contributed by atoms with Gasteiger partial charge >= 0.3 is 5.97 Å². The maximum Gasteiger partial charge on any atom is 0.303 e. The van der Waals surface area contributed by atoms with E-state index in [1.165, 1.54) is 0 Å². The smallest absolute Gasteiger partial charge is 0.303 e. The van der Waals surface area contributed by atoms with Gasteiger partial charge in [0.05, 0.1) is 0 Å². The molecule has 7 nitrogen and oxygen atoms in total. The molecule has 7 heteroatoms. The average molecular weight is 288 g/mol. The molecule has 2 rings (SSSR count). The molecular weight excluding hydrogens is 272 g/mol. The van der Waals surface area contributed by atoms with Gasteiger partial charge in [-0.1, -0.05) is 12.1 Å². The van der Waals surface area contributed by atoms with E-state index in [9.17, 15) is 9.59 Å². The Bertz CT molecular complexity index is 651. The van der Waals surface area contributed by atoms with Gasteiger partial charge in [0.15, 0.2) is 5.82 Å². The number of nitrogens with one attached hydrogen (secondary N) is 2. The van der Waals surface area contributed by atoms with E-state index >= 15 is 0 Å². The second kappa shape index (κ2) is 6.65. The molecule has 0 fully saturated rings. The number of carboxylic acids is 1. The maximum absolute atomic E-state index is 11.7. The zero-order valence-corrected chi connectivity index (χ0v) is 11.6. The number of benzene rings is 1. The van der Waals surface area contributed by atoms with Gasteiger partial charge in [-0.15, -0.1) is 0 Å². The first kappa shape index (κ1) is 14.7. The third kappa shape index (κ3) is 4.41. The summed E-state index contributed by atoms with van der Waals surface area (Å²) in [6, 6.07) is 7.19. The fourth-order valence-corrected chi connectivity index (χ4v) is 1.83. The summed E-state index contributed by atoms with van der Waals surface area (Å²) in [6.07, 6.45) is 0.487. The highest BCUT2D eigenvalue weighted by Crippen LogP contribution is 2.19. The van der Waals surface area contributed by atoms with Crippen molar-refractivity contribution in [3.8, 4) is 11.4 Å². The van der Waals surface area contributed by atoms with E-state index in [0.29, 0.717) is 23.8 Å². The first-order valence-electron chi connectivity index (χ1n) is 6.55. The highest BCUT2D eigenvalue weighted by atomic mass is 16.4. The summed E-state index contributed by atoms with van der Waals surface area (Å²) in [5, 5.41) is 18.1. The zero-order valence-electron chi connectivity index (χ0n) is 11.6. The van der Waals surface area contributed by atoms with E-state index in [1.54, 1.807) is 18.2 Å². The molecule has 21 heavy (non-hydrogen) atoms. The summed E-state index contributed by atoms with van der Waals surface area (Å²) in [5.74, 6) is 0.173. The summed E-state index contributed by atoms with van der Waals surface area (Å²) in [6.45, 7) is 1.81. The fourth-order valence-electron chi connectivity index (χ4n) is 1.83. The van der Waals surface area contributed by atoms with Crippen LogP contribution in [0, 0.1) is 6.92 Å². The third-order valence-corrected chi connectivity index (χ3v) is 2.80. The molecule has 1 aromatic carbocycles. The minimum absolute atomic E-state index is 0.00999. The van der Waals surface area contributed by atoms with Crippen molar-refractivity contribution in [3.05, 3.63) is 30.1 Å². The van der Waals surface area contributed by atoms with Crippen LogP contribution in [0.4, 0.5) is 5.69 Å². The molecule has 3 N–H and O–H groups in total. The van der Waals surface area contributed by atoms with Crippen LogP contribution in [0.25, 0.3) is 11.4 Å². The fraction of sp³-hybridized carbons (Fsp3) is 0.286. The van der Waals surface area contributed by atoms with Gasteiger partial charge < -0.3 is 10.4 Å². The number of rotatable bonds is 6. The molecule has 0 spiro atoms. The zero-order chi connectivity index (χ0) is 15.2. The predicted octanol–water partition coefficient (Wildman–Crippen LogP) is 1.97. The highest BCUT2D eigenvalue weighted by Gasteiger charge is 2.07. The number of carbonyl (C=O) groups is 2. The Labute approximate surface area is 121 Å². The molecule has 1 heterocycles. The van der Waals surface area contributed by atoms with Crippen molar-refractivity contribution in [1.82, 2.24) is 15.2 Å². The maximum atomic E-state index is 11.7. The Morgan fingerprint density at radius 2 is 2.14 bits per heavy atom. The second-order valence-corrected chi connectivity index (χ2v) is 4.62. The number of aryl methyl sites for hydroxylation is 1. The monoisotopic (exact) mass is 288 g/mol. The number of aromatic nitrogens is 3. The summed E-state index contributed by atoms with van der Waals surface area (Å²) in [7, 11) is 0. The third-order valence-electron chi connectivity index (χ3n) is 2.80. The van der Waals surface area contributed by atoms with Gasteiger partial charge in [-0.05, 0) is 25.5 Å². The van der Waals surface area contributed by atoms with Crippen LogP contribution in [0.2, 0.25) is 0 Å². The van der Waals surface area contributed by atoms with Crippen LogP contribution in [0.5, 0.6) is 0 Å². The van der Waals surface area contributed by atoms with Gasteiger partial charge in [0.1, 0.15) is 5.82 Å². The van der Waals surface area contributed by atoms with Crippen molar-refractivity contribution >= 4 is 17.6 Å². The van der Waals surface area contributed by atoms with Gasteiger partial charge in [-0.2, -0.15) is 5.10 Å². The van der Waals surface area contributed by atoms with E-state index in [0.717, 1.165) is 5.56 Å². The number of carboxylic acid groups (broad SMARTS) is 1. The molecule has 1 amide bonds. The number of amides is 1. The van der Waals surface area contributed by atoms with E-state index in [1.807, 2.05) is 13.0 Å². The molecule has 2 aromatic rings. The summed E-state index contributed by atoms with van der Waals surface area (Å²) in [4.78, 5) is 26.3. The predicted molar refractivity (Wildman–Crippen MR) is 76.7 cm³/mol. The molecule has 0 atom stereocenters. The molecule has 0 bridgehead atoms. The van der Waals surface area contributed by atoms with Gasteiger partial charge in [-0.25, -0.2) is 4.98 Å². The number of H-pyrrole nitrogens is 1. The van der Waals surface area contributed by atoms with Crippen molar-refractivity contribution in [3.63, 3.8) is 0 Å². The molecule has 0 unspecified atom stereocenters. The lowest BCUT2D eigenvalue weighted by atomic mass is 10.2. The number of hydrogen-bond donors (Lipinski definition) is 3. The second-order valence-electron chi connectivity index (χ2n) is 4.62. The van der Waals surface area contributed by atoms with E-state index in [2.05, 4.69) is 20.5 Å². The number of nitrogens with zero attached hydrogens (tertiary/aromatic N) is 2. The molecule has 0 aliphatic rings. The van der Waals surface area contributed by atoms with Crippen molar-refractivity contribution in [2.24, 2.45) is 0 Å². The van der Waals surface area contributed by atoms with Crippen LogP contribution >= 0.6 is 0 Å². The minimum Gasteiger partial charge on any atom is -0.481 e. The van der Waals surface area contributed by atoms with Crippen molar-refractivity contribution in [2.75, 3.05) is 5.32 Å². The van der Waals surface area contributed by atoms with Crippen molar-refractivity contribution in [2.45, 2.75) is 26.2 Å². The Hall–Kier alpha value is -2.70. The van der Waals surface area contributed by atoms with Gasteiger partial charge in [0, 0.05) is 24.1 Å². The lowest BCUT2D eigenvalue weighted by molar-refractivity contribution is -0.137. The van der Waals surface area contributed by atoms with Gasteiger partial charge in [0.2, 0.25) is 5.91 Å². The average Bonchev–Trinajstić information content (AvgIpc) is 2.85. The van der Waals surface area contributed by atoms with Gasteiger partial charge in [-0.3, -0.25) is 14.7 Å². The molecule has 0 aliphatic carbocycles. The molecule has 110 valence electrons. The number of aromatic amines is 1.